The molecule has 1 unspecified atom stereocenters. The molecule has 1 aromatic heterocycles. The number of hydrogen-bond acceptors (Lipinski definition) is 4. The molecule has 20 heavy (non-hydrogen) atoms. The molecule has 0 bridgehead atoms. The lowest BCUT2D eigenvalue weighted by Crippen LogP contribution is -2.19. The number of nitrogens with zero attached hydrogens (tertiary/aromatic N) is 5. The van der Waals surface area contributed by atoms with Crippen LogP contribution in [-0.2, 0) is 0 Å². The first kappa shape index (κ1) is 11.3. The fourth-order valence-electron chi connectivity index (χ4n) is 2.83. The van der Waals surface area contributed by atoms with E-state index < -0.39 is 0 Å². The lowest BCUT2D eigenvalue weighted by Gasteiger charge is -2.22. The van der Waals surface area contributed by atoms with Crippen molar-refractivity contribution in [2.45, 2.75) is 19.4 Å². The number of hydrogen-bond donors (Lipinski definition) is 0. The molecular weight excluding hydrogens is 250 g/mol. The van der Waals surface area contributed by atoms with E-state index in [1.165, 1.54) is 16.3 Å². The van der Waals surface area contributed by atoms with Gasteiger partial charge in [-0.15, -0.1) is 0 Å². The van der Waals surface area contributed by atoms with Crippen molar-refractivity contribution < 1.29 is 0 Å². The molecule has 3 aromatic rings. The summed E-state index contributed by atoms with van der Waals surface area (Å²) in [6.07, 6.45) is 0.839. The molecule has 0 aliphatic carbocycles. The molecule has 2 aromatic carbocycles. The molecule has 98 valence electrons. The molecule has 0 N–H and O–H groups in total. The van der Waals surface area contributed by atoms with Gasteiger partial charge >= 0.3 is 0 Å². The maximum atomic E-state index is 4.41. The summed E-state index contributed by atoms with van der Waals surface area (Å²) in [7, 11) is 0. The normalized spacial score (nSPS) is 17.9. The first-order valence-corrected chi connectivity index (χ1v) is 6.62. The second-order valence-electron chi connectivity index (χ2n) is 5.06. The summed E-state index contributed by atoms with van der Waals surface area (Å²) in [6, 6.07) is 14.9. The first-order valence-electron chi connectivity index (χ1n) is 6.62. The Morgan fingerprint density at radius 2 is 1.95 bits per heavy atom. The highest BCUT2D eigenvalue weighted by Gasteiger charge is 2.25. The van der Waals surface area contributed by atoms with Crippen molar-refractivity contribution in [2.24, 2.45) is 4.99 Å². The highest BCUT2D eigenvalue weighted by atomic mass is 15.6. The standard InChI is InChI=1S/C15H13N5/c1-10-9-14(20-15(16-10)17-18-19-20)13-8-4-6-11-5-2-3-7-12(11)13/h2-8,14H,9H2,1H3. The second-order valence-corrected chi connectivity index (χ2v) is 5.06. The van der Waals surface area contributed by atoms with E-state index in [0.29, 0.717) is 5.95 Å². The number of aliphatic imine (C=N–C) groups is 1. The van der Waals surface area contributed by atoms with E-state index in [-0.39, 0.29) is 6.04 Å². The van der Waals surface area contributed by atoms with Crippen LogP contribution in [0.3, 0.4) is 0 Å². The summed E-state index contributed by atoms with van der Waals surface area (Å²) >= 11 is 0. The Hall–Kier alpha value is -2.56. The minimum Gasteiger partial charge on any atom is -0.220 e. The number of benzene rings is 2. The molecule has 0 radical (unpaired) electrons. The van der Waals surface area contributed by atoms with Gasteiger partial charge < -0.3 is 0 Å². The summed E-state index contributed by atoms with van der Waals surface area (Å²) in [5.74, 6) is 0.590. The fraction of sp³-hybridized carbons (Fsp3) is 0.200. The van der Waals surface area contributed by atoms with E-state index in [4.69, 9.17) is 0 Å². The van der Waals surface area contributed by atoms with E-state index in [2.05, 4.69) is 63.0 Å². The Labute approximate surface area is 116 Å². The maximum Gasteiger partial charge on any atom is 0.269 e. The van der Waals surface area contributed by atoms with Gasteiger partial charge in [0, 0.05) is 12.1 Å². The largest absolute Gasteiger partial charge is 0.269 e. The van der Waals surface area contributed by atoms with Gasteiger partial charge in [0.15, 0.2) is 0 Å². The third-order valence-electron chi connectivity index (χ3n) is 3.73. The average Bonchev–Trinajstić information content (AvgIpc) is 2.94. The molecular formula is C15H13N5. The lowest BCUT2D eigenvalue weighted by atomic mass is 9.95. The van der Waals surface area contributed by atoms with Crippen LogP contribution < -0.4 is 0 Å². The van der Waals surface area contributed by atoms with Crippen molar-refractivity contribution in [1.29, 1.82) is 0 Å². The minimum absolute atomic E-state index is 0.114. The quantitative estimate of drug-likeness (QED) is 0.678. The third-order valence-corrected chi connectivity index (χ3v) is 3.73. The molecule has 1 aliphatic heterocycles. The second kappa shape index (κ2) is 4.23. The summed E-state index contributed by atoms with van der Waals surface area (Å²) in [5.41, 5.74) is 2.30. The molecule has 5 heteroatoms. The Bertz CT molecular complexity index is 813. The maximum absolute atomic E-state index is 4.41. The van der Waals surface area contributed by atoms with Gasteiger partial charge in [-0.25, -0.2) is 9.67 Å². The number of aromatic nitrogens is 4. The number of tetrazole rings is 1. The van der Waals surface area contributed by atoms with Crippen molar-refractivity contribution in [3.05, 3.63) is 48.0 Å². The monoisotopic (exact) mass is 263 g/mol. The van der Waals surface area contributed by atoms with Crippen LogP contribution in [0.5, 0.6) is 0 Å². The van der Waals surface area contributed by atoms with Crippen molar-refractivity contribution in [2.75, 3.05) is 0 Å². The van der Waals surface area contributed by atoms with E-state index in [9.17, 15) is 0 Å². The van der Waals surface area contributed by atoms with Crippen LogP contribution in [0.4, 0.5) is 5.95 Å². The van der Waals surface area contributed by atoms with Gasteiger partial charge in [-0.2, -0.15) is 0 Å². The van der Waals surface area contributed by atoms with E-state index in [1.54, 1.807) is 0 Å². The van der Waals surface area contributed by atoms with Crippen LogP contribution in [0.1, 0.15) is 24.9 Å². The first-order chi connectivity index (χ1) is 9.83. The van der Waals surface area contributed by atoms with Gasteiger partial charge in [0.1, 0.15) is 0 Å². The summed E-state index contributed by atoms with van der Waals surface area (Å²) in [5, 5.41) is 14.3. The summed E-state index contributed by atoms with van der Waals surface area (Å²) in [4.78, 5) is 4.41. The Morgan fingerprint density at radius 3 is 2.90 bits per heavy atom. The van der Waals surface area contributed by atoms with Crippen LogP contribution in [0, 0.1) is 0 Å². The Kier molecular flexibility index (Phi) is 2.39. The minimum atomic E-state index is 0.114. The molecule has 0 spiro atoms. The van der Waals surface area contributed by atoms with E-state index in [0.717, 1.165) is 12.1 Å². The molecule has 4 rings (SSSR count). The molecule has 0 saturated carbocycles. The predicted molar refractivity (Wildman–Crippen MR) is 77.3 cm³/mol. The highest BCUT2D eigenvalue weighted by molar-refractivity contribution is 5.89. The van der Waals surface area contributed by atoms with Gasteiger partial charge in [0.05, 0.1) is 6.04 Å². The SMILES string of the molecule is CC1=Nc2nnnn2C(c2cccc3ccccc23)C1. The topological polar surface area (TPSA) is 56.0 Å². The van der Waals surface area contributed by atoms with Crippen molar-refractivity contribution in [3.8, 4) is 0 Å². The van der Waals surface area contributed by atoms with Crippen molar-refractivity contribution >= 4 is 22.4 Å². The lowest BCUT2D eigenvalue weighted by molar-refractivity contribution is 0.516. The van der Waals surface area contributed by atoms with Crippen LogP contribution >= 0.6 is 0 Å². The summed E-state index contributed by atoms with van der Waals surface area (Å²) < 4.78 is 1.81. The van der Waals surface area contributed by atoms with Gasteiger partial charge in [-0.05, 0) is 33.7 Å². The zero-order valence-electron chi connectivity index (χ0n) is 11.1. The zero-order chi connectivity index (χ0) is 13.5. The van der Waals surface area contributed by atoms with Crippen LogP contribution in [0.25, 0.3) is 10.8 Å². The van der Waals surface area contributed by atoms with Gasteiger partial charge in [0.2, 0.25) is 0 Å². The molecule has 0 fully saturated rings. The smallest absolute Gasteiger partial charge is 0.220 e. The van der Waals surface area contributed by atoms with Crippen LogP contribution in [0.2, 0.25) is 0 Å². The molecule has 1 aliphatic rings. The van der Waals surface area contributed by atoms with E-state index >= 15 is 0 Å². The molecule has 5 nitrogen and oxygen atoms in total. The Balaban J connectivity index is 1.95. The molecule has 2 heterocycles. The van der Waals surface area contributed by atoms with E-state index in [1.807, 2.05) is 11.6 Å². The third kappa shape index (κ3) is 1.63. The van der Waals surface area contributed by atoms with Crippen LogP contribution in [-0.4, -0.2) is 25.9 Å². The Morgan fingerprint density at radius 1 is 1.10 bits per heavy atom. The fourth-order valence-corrected chi connectivity index (χ4v) is 2.83. The molecule has 0 saturated heterocycles. The number of fused-ring (bicyclic) bond motifs is 2. The molecule has 0 amide bonds. The average molecular weight is 263 g/mol. The van der Waals surface area contributed by atoms with Crippen molar-refractivity contribution in [1.82, 2.24) is 20.2 Å². The van der Waals surface area contributed by atoms with Gasteiger partial charge in [-0.1, -0.05) is 47.6 Å². The zero-order valence-corrected chi connectivity index (χ0v) is 11.1. The van der Waals surface area contributed by atoms with Crippen molar-refractivity contribution in [3.63, 3.8) is 0 Å². The molecule has 1 atom stereocenters. The van der Waals surface area contributed by atoms with Gasteiger partial charge in [0.25, 0.3) is 5.95 Å². The van der Waals surface area contributed by atoms with Gasteiger partial charge in [-0.3, -0.25) is 0 Å². The highest BCUT2D eigenvalue weighted by Crippen LogP contribution is 2.33. The number of rotatable bonds is 1. The summed E-state index contributed by atoms with van der Waals surface area (Å²) in [6.45, 7) is 2.02. The predicted octanol–water partition coefficient (Wildman–Crippen LogP) is 2.91. The van der Waals surface area contributed by atoms with Crippen LogP contribution in [0.15, 0.2) is 47.5 Å².